The van der Waals surface area contributed by atoms with Crippen molar-refractivity contribution < 1.29 is 19.4 Å². The maximum atomic E-state index is 12.4. The molecule has 102 valence electrons. The lowest BCUT2D eigenvalue weighted by Crippen LogP contribution is -2.52. The molecular formula is C13H21NO4. The normalized spacial score (nSPS) is 33.2. The van der Waals surface area contributed by atoms with Crippen molar-refractivity contribution in [1.82, 2.24) is 4.90 Å². The van der Waals surface area contributed by atoms with Gasteiger partial charge in [0.15, 0.2) is 0 Å². The average Bonchev–Trinajstić information content (AvgIpc) is 2.39. The van der Waals surface area contributed by atoms with Gasteiger partial charge in [-0.3, -0.25) is 9.59 Å². The summed E-state index contributed by atoms with van der Waals surface area (Å²) in [5.74, 6) is -1.21. The number of hydrogen-bond acceptors (Lipinski definition) is 3. The minimum Gasteiger partial charge on any atom is -0.481 e. The first-order valence-electron chi connectivity index (χ1n) is 6.72. The highest BCUT2D eigenvalue weighted by Gasteiger charge is 2.37. The average molecular weight is 255 g/mol. The van der Waals surface area contributed by atoms with E-state index in [0.717, 1.165) is 25.9 Å². The molecule has 5 heteroatoms. The van der Waals surface area contributed by atoms with Crippen molar-refractivity contribution in [2.45, 2.75) is 38.6 Å². The molecule has 2 saturated heterocycles. The van der Waals surface area contributed by atoms with Gasteiger partial charge in [0.05, 0.1) is 18.4 Å². The first-order valence-corrected chi connectivity index (χ1v) is 6.72. The third kappa shape index (κ3) is 2.66. The summed E-state index contributed by atoms with van der Waals surface area (Å²) >= 11 is 0. The van der Waals surface area contributed by atoms with E-state index in [-0.39, 0.29) is 17.9 Å². The van der Waals surface area contributed by atoms with Gasteiger partial charge in [-0.1, -0.05) is 0 Å². The van der Waals surface area contributed by atoms with Gasteiger partial charge < -0.3 is 14.7 Å². The van der Waals surface area contributed by atoms with Crippen molar-refractivity contribution in [2.24, 2.45) is 11.8 Å². The smallest absolute Gasteiger partial charge is 0.308 e. The van der Waals surface area contributed by atoms with Crippen molar-refractivity contribution in [3.05, 3.63) is 0 Å². The molecule has 1 amide bonds. The Morgan fingerprint density at radius 1 is 1.28 bits per heavy atom. The monoisotopic (exact) mass is 255 g/mol. The second-order valence-corrected chi connectivity index (χ2v) is 5.27. The lowest BCUT2D eigenvalue weighted by molar-refractivity contribution is -0.152. The molecule has 0 aromatic heterocycles. The molecule has 2 heterocycles. The maximum absolute atomic E-state index is 12.4. The van der Waals surface area contributed by atoms with E-state index in [9.17, 15) is 9.59 Å². The number of nitrogens with zero attached hydrogens (tertiary/aromatic N) is 1. The largest absolute Gasteiger partial charge is 0.481 e. The van der Waals surface area contributed by atoms with Crippen LogP contribution in [0.15, 0.2) is 0 Å². The number of ether oxygens (including phenoxy) is 1. The highest BCUT2D eigenvalue weighted by molar-refractivity contribution is 5.81. The van der Waals surface area contributed by atoms with Gasteiger partial charge in [-0.15, -0.1) is 0 Å². The number of carboxylic acids is 1. The summed E-state index contributed by atoms with van der Waals surface area (Å²) in [6.45, 7) is 3.75. The fraction of sp³-hybridized carbons (Fsp3) is 0.846. The van der Waals surface area contributed by atoms with E-state index in [1.54, 1.807) is 4.90 Å². The zero-order valence-corrected chi connectivity index (χ0v) is 10.8. The van der Waals surface area contributed by atoms with Crippen molar-refractivity contribution in [3.63, 3.8) is 0 Å². The van der Waals surface area contributed by atoms with Crippen LogP contribution in [0.3, 0.4) is 0 Å². The molecule has 1 N–H and O–H groups in total. The Balaban J connectivity index is 2.02. The van der Waals surface area contributed by atoms with Gasteiger partial charge in [-0.05, 0) is 32.6 Å². The molecule has 0 saturated carbocycles. The van der Waals surface area contributed by atoms with Crippen molar-refractivity contribution in [2.75, 3.05) is 19.8 Å². The van der Waals surface area contributed by atoms with E-state index in [1.165, 1.54) is 0 Å². The highest BCUT2D eigenvalue weighted by atomic mass is 16.5. The standard InChI is InChI=1S/C13H21NO4/c1-9-11(13(16)17)5-2-6-14(9)12(15)10-4-3-7-18-8-10/h9-11H,2-8H2,1H3,(H,16,17)/t9-,10?,11-/m1/s1. The van der Waals surface area contributed by atoms with E-state index < -0.39 is 11.9 Å². The van der Waals surface area contributed by atoms with Crippen molar-refractivity contribution in [1.29, 1.82) is 0 Å². The minimum atomic E-state index is -0.792. The molecule has 0 bridgehead atoms. The van der Waals surface area contributed by atoms with Crippen molar-refractivity contribution >= 4 is 11.9 Å². The molecule has 0 radical (unpaired) electrons. The Bertz CT molecular complexity index is 325. The molecule has 2 fully saturated rings. The number of rotatable bonds is 2. The van der Waals surface area contributed by atoms with E-state index in [0.29, 0.717) is 19.6 Å². The number of hydrogen-bond donors (Lipinski definition) is 1. The van der Waals surface area contributed by atoms with Crippen LogP contribution < -0.4 is 0 Å². The van der Waals surface area contributed by atoms with Crippen LogP contribution in [0.5, 0.6) is 0 Å². The lowest BCUT2D eigenvalue weighted by atomic mass is 9.88. The Kier molecular flexibility index (Phi) is 4.22. The minimum absolute atomic E-state index is 0.0752. The Labute approximate surface area is 107 Å². The van der Waals surface area contributed by atoms with Gasteiger partial charge in [0.1, 0.15) is 0 Å². The van der Waals surface area contributed by atoms with Crippen LogP contribution in [0.4, 0.5) is 0 Å². The fourth-order valence-corrected chi connectivity index (χ4v) is 2.95. The molecule has 2 rings (SSSR count). The molecule has 0 spiro atoms. The molecule has 0 aromatic carbocycles. The van der Waals surface area contributed by atoms with E-state index in [1.807, 2.05) is 6.92 Å². The molecule has 2 aliphatic heterocycles. The first-order chi connectivity index (χ1) is 8.61. The molecule has 1 unspecified atom stereocenters. The highest BCUT2D eigenvalue weighted by Crippen LogP contribution is 2.27. The Morgan fingerprint density at radius 2 is 2.06 bits per heavy atom. The second-order valence-electron chi connectivity index (χ2n) is 5.27. The van der Waals surface area contributed by atoms with Gasteiger partial charge in [0, 0.05) is 19.2 Å². The zero-order valence-electron chi connectivity index (χ0n) is 10.8. The number of likely N-dealkylation sites (tertiary alicyclic amines) is 1. The summed E-state index contributed by atoms with van der Waals surface area (Å²) in [6, 6.07) is -0.203. The zero-order chi connectivity index (χ0) is 13.1. The van der Waals surface area contributed by atoms with E-state index in [4.69, 9.17) is 9.84 Å². The molecular weight excluding hydrogens is 234 g/mol. The predicted octanol–water partition coefficient (Wildman–Crippen LogP) is 1.12. The summed E-state index contributed by atoms with van der Waals surface area (Å²) in [4.78, 5) is 25.3. The number of amides is 1. The number of aliphatic carboxylic acids is 1. The molecule has 18 heavy (non-hydrogen) atoms. The van der Waals surface area contributed by atoms with Crippen LogP contribution in [-0.4, -0.2) is 47.7 Å². The topological polar surface area (TPSA) is 66.8 Å². The van der Waals surface area contributed by atoms with Gasteiger partial charge in [0.2, 0.25) is 5.91 Å². The van der Waals surface area contributed by atoms with Gasteiger partial charge >= 0.3 is 5.97 Å². The maximum Gasteiger partial charge on any atom is 0.308 e. The van der Waals surface area contributed by atoms with Gasteiger partial charge in [-0.2, -0.15) is 0 Å². The van der Waals surface area contributed by atoms with Crippen LogP contribution in [0, 0.1) is 11.8 Å². The summed E-state index contributed by atoms with van der Waals surface area (Å²) in [6.07, 6.45) is 3.23. The Hall–Kier alpha value is -1.10. The number of carbonyl (C=O) groups is 2. The summed E-state index contributed by atoms with van der Waals surface area (Å²) < 4.78 is 5.34. The second kappa shape index (κ2) is 5.69. The van der Waals surface area contributed by atoms with Crippen LogP contribution in [0.25, 0.3) is 0 Å². The lowest BCUT2D eigenvalue weighted by Gasteiger charge is -2.39. The number of carbonyl (C=O) groups excluding carboxylic acids is 1. The van der Waals surface area contributed by atoms with Crippen LogP contribution in [0.1, 0.15) is 32.6 Å². The van der Waals surface area contributed by atoms with E-state index >= 15 is 0 Å². The third-order valence-electron chi connectivity index (χ3n) is 4.10. The molecule has 0 aliphatic carbocycles. The molecule has 2 aliphatic rings. The van der Waals surface area contributed by atoms with Gasteiger partial charge in [-0.25, -0.2) is 0 Å². The molecule has 0 aromatic rings. The quantitative estimate of drug-likeness (QED) is 0.803. The summed E-state index contributed by atoms with van der Waals surface area (Å²) in [5.41, 5.74) is 0. The molecule has 5 nitrogen and oxygen atoms in total. The Morgan fingerprint density at radius 3 is 2.67 bits per heavy atom. The predicted molar refractivity (Wildman–Crippen MR) is 65.1 cm³/mol. The number of piperidine rings is 1. The first kappa shape index (κ1) is 13.3. The molecule has 3 atom stereocenters. The number of carboxylic acid groups (broad SMARTS) is 1. The van der Waals surface area contributed by atoms with Crippen LogP contribution >= 0.6 is 0 Å². The van der Waals surface area contributed by atoms with E-state index in [2.05, 4.69) is 0 Å². The van der Waals surface area contributed by atoms with Crippen LogP contribution in [-0.2, 0) is 14.3 Å². The van der Waals surface area contributed by atoms with Crippen LogP contribution in [0.2, 0.25) is 0 Å². The van der Waals surface area contributed by atoms with Crippen molar-refractivity contribution in [3.8, 4) is 0 Å². The van der Waals surface area contributed by atoms with Gasteiger partial charge in [0.25, 0.3) is 0 Å². The summed E-state index contributed by atoms with van der Waals surface area (Å²) in [5, 5.41) is 9.16. The third-order valence-corrected chi connectivity index (χ3v) is 4.10. The SMILES string of the molecule is C[C@@H]1[C@H](C(=O)O)CCCN1C(=O)C1CCCOC1. The summed E-state index contributed by atoms with van der Waals surface area (Å²) in [7, 11) is 0. The fourth-order valence-electron chi connectivity index (χ4n) is 2.95.